The highest BCUT2D eigenvalue weighted by Crippen LogP contribution is 2.38. The van der Waals surface area contributed by atoms with Gasteiger partial charge in [0, 0.05) is 37.0 Å². The van der Waals surface area contributed by atoms with Gasteiger partial charge in [-0.25, -0.2) is 9.97 Å². The zero-order valence-electron chi connectivity index (χ0n) is 23.7. The molecule has 0 saturated heterocycles. The monoisotopic (exact) mass is 549 g/mol. The molecule has 2 fully saturated rings. The van der Waals surface area contributed by atoms with E-state index in [1.165, 1.54) is 32.1 Å². The van der Waals surface area contributed by atoms with Gasteiger partial charge in [-0.2, -0.15) is 10.5 Å². The smallest absolute Gasteiger partial charge is 0.227 e. The number of carbonyl (C=O) groups excluding carboxylic acids is 1. The molecule has 3 aromatic heterocycles. The lowest BCUT2D eigenvalue weighted by molar-refractivity contribution is -0.120. The Morgan fingerprint density at radius 2 is 1.66 bits per heavy atom. The van der Waals surface area contributed by atoms with Gasteiger partial charge in [-0.3, -0.25) is 4.79 Å². The number of benzene rings is 1. The molecule has 0 bridgehead atoms. The van der Waals surface area contributed by atoms with Crippen molar-refractivity contribution < 1.29 is 4.79 Å². The number of nitriles is 2. The summed E-state index contributed by atoms with van der Waals surface area (Å²) in [5, 5.41) is 21.5. The van der Waals surface area contributed by atoms with E-state index in [-0.39, 0.29) is 18.4 Å². The second-order valence-electron chi connectivity index (χ2n) is 11.5. The van der Waals surface area contributed by atoms with Crippen LogP contribution in [0.2, 0.25) is 0 Å². The van der Waals surface area contributed by atoms with E-state index < -0.39 is 0 Å². The molecule has 4 aromatic rings. The third-order valence-corrected chi connectivity index (χ3v) is 8.62. The Balaban J connectivity index is 0.000000321. The number of fused-ring (bicyclic) bond motifs is 3. The zero-order valence-corrected chi connectivity index (χ0v) is 23.7. The van der Waals surface area contributed by atoms with E-state index in [4.69, 9.17) is 15.5 Å². The molecule has 2 aliphatic carbocycles. The van der Waals surface area contributed by atoms with E-state index in [0.717, 1.165) is 71.5 Å². The summed E-state index contributed by atoms with van der Waals surface area (Å²) in [4.78, 5) is 25.3. The van der Waals surface area contributed by atoms with E-state index in [1.807, 2.05) is 42.6 Å². The summed E-state index contributed by atoms with van der Waals surface area (Å²) in [5.74, 6) is 1.95. The maximum Gasteiger partial charge on any atom is 0.227 e. The van der Waals surface area contributed by atoms with Crippen molar-refractivity contribution in [2.24, 2.45) is 11.8 Å². The fraction of sp³-hybridized carbons (Fsp3) is 0.485. The van der Waals surface area contributed by atoms with Crippen molar-refractivity contribution in [3.8, 4) is 12.1 Å². The van der Waals surface area contributed by atoms with Gasteiger partial charge >= 0.3 is 0 Å². The number of amides is 1. The Morgan fingerprint density at radius 3 is 2.37 bits per heavy atom. The van der Waals surface area contributed by atoms with Crippen LogP contribution in [-0.2, 0) is 17.8 Å². The maximum atomic E-state index is 12.8. The minimum absolute atomic E-state index is 0.0400. The van der Waals surface area contributed by atoms with Gasteiger partial charge in [0.05, 0.1) is 30.3 Å². The second-order valence-corrected chi connectivity index (χ2v) is 11.5. The van der Waals surface area contributed by atoms with Crippen molar-refractivity contribution in [1.82, 2.24) is 24.8 Å². The van der Waals surface area contributed by atoms with Crippen LogP contribution in [0.4, 0.5) is 0 Å². The van der Waals surface area contributed by atoms with Gasteiger partial charge in [0.2, 0.25) is 5.91 Å². The van der Waals surface area contributed by atoms with Gasteiger partial charge in [0.15, 0.2) is 0 Å². The van der Waals surface area contributed by atoms with Crippen molar-refractivity contribution in [2.45, 2.75) is 89.6 Å². The van der Waals surface area contributed by atoms with Crippen LogP contribution < -0.4 is 5.32 Å². The Labute approximate surface area is 241 Å². The number of nitrogens with zero attached hydrogens (tertiary/aromatic N) is 5. The third kappa shape index (κ3) is 7.13. The van der Waals surface area contributed by atoms with Crippen molar-refractivity contribution in [3.05, 3.63) is 60.2 Å². The van der Waals surface area contributed by atoms with Crippen LogP contribution in [0.25, 0.3) is 22.1 Å². The number of aromatic amines is 1. The minimum Gasteiger partial charge on any atom is -0.352 e. The third-order valence-electron chi connectivity index (χ3n) is 8.62. The van der Waals surface area contributed by atoms with Crippen LogP contribution >= 0.6 is 0 Å². The molecular weight excluding hydrogens is 510 g/mol. The Kier molecular flexibility index (Phi) is 9.65. The first-order valence-electron chi connectivity index (χ1n) is 15.0. The average Bonchev–Trinajstić information content (AvgIpc) is 3.63. The molecule has 1 amide bonds. The van der Waals surface area contributed by atoms with Gasteiger partial charge in [0.1, 0.15) is 17.0 Å². The minimum atomic E-state index is -0.0400. The van der Waals surface area contributed by atoms with E-state index in [9.17, 15) is 4.79 Å². The van der Waals surface area contributed by atoms with E-state index in [2.05, 4.69) is 32.0 Å². The van der Waals surface area contributed by atoms with Gasteiger partial charge < -0.3 is 14.9 Å². The summed E-state index contributed by atoms with van der Waals surface area (Å²) in [6.07, 6.45) is 16.1. The van der Waals surface area contributed by atoms with Crippen molar-refractivity contribution in [2.75, 3.05) is 0 Å². The molecule has 0 aliphatic heterocycles. The summed E-state index contributed by atoms with van der Waals surface area (Å²) >= 11 is 0. The van der Waals surface area contributed by atoms with Crippen LogP contribution in [-0.4, -0.2) is 25.4 Å². The lowest BCUT2D eigenvalue weighted by atomic mass is 9.84. The number of aromatic nitrogens is 4. The number of carbonyl (C=O) groups is 1. The Morgan fingerprint density at radius 1 is 0.951 bits per heavy atom. The maximum absolute atomic E-state index is 12.8. The average molecular weight is 550 g/mol. The van der Waals surface area contributed by atoms with Crippen LogP contribution in [0.15, 0.2) is 48.8 Å². The normalized spacial score (nSPS) is 19.2. The number of imidazole rings is 1. The lowest BCUT2D eigenvalue weighted by Crippen LogP contribution is -2.27. The van der Waals surface area contributed by atoms with Crippen LogP contribution in [0, 0.1) is 34.5 Å². The standard InChI is InChI=1S/C25H26N6O.C8H13N/c26-12-10-17-6-8-19(9-7-17)31-22(14-23(32)28-15-18-4-2-1-3-5-18)30-21-16-29-25-20(24(21)31)11-13-27-25;9-7-6-8-4-2-1-3-5-8/h1-5,11,13,16-17,19H,6-10,14-15H2,(H,27,29)(H,28,32);8H,1-6H2. The van der Waals surface area contributed by atoms with Crippen molar-refractivity contribution in [3.63, 3.8) is 0 Å². The van der Waals surface area contributed by atoms with Gasteiger partial charge in [-0.05, 0) is 62.0 Å². The number of H-pyrrole nitrogens is 1. The fourth-order valence-corrected chi connectivity index (χ4v) is 6.42. The molecule has 2 aliphatic rings. The number of rotatable bonds is 7. The predicted molar refractivity (Wildman–Crippen MR) is 159 cm³/mol. The summed E-state index contributed by atoms with van der Waals surface area (Å²) in [5.41, 5.74) is 3.77. The Bertz CT molecular complexity index is 1510. The molecule has 8 heteroatoms. The molecule has 1 aromatic carbocycles. The molecule has 41 heavy (non-hydrogen) atoms. The molecular formula is C33H39N7O. The summed E-state index contributed by atoms with van der Waals surface area (Å²) < 4.78 is 2.28. The SMILES string of the molecule is N#CCC1CCC(n2c(CC(=O)NCc3ccccc3)nc3cnc4[nH]ccc4c32)CC1.N#CCC1CCCCC1. The topological polar surface area (TPSA) is 123 Å². The number of pyridine rings is 1. The molecule has 0 radical (unpaired) electrons. The highest BCUT2D eigenvalue weighted by molar-refractivity contribution is 6.01. The highest BCUT2D eigenvalue weighted by Gasteiger charge is 2.27. The van der Waals surface area contributed by atoms with Crippen LogP contribution in [0.3, 0.4) is 0 Å². The van der Waals surface area contributed by atoms with E-state index >= 15 is 0 Å². The van der Waals surface area contributed by atoms with E-state index in [1.54, 1.807) is 6.20 Å². The molecule has 3 heterocycles. The Hall–Kier alpha value is -4.17. The molecule has 0 atom stereocenters. The second kappa shape index (κ2) is 13.9. The lowest BCUT2D eigenvalue weighted by Gasteiger charge is -2.30. The molecule has 0 spiro atoms. The molecule has 2 N–H and O–H groups in total. The summed E-state index contributed by atoms with van der Waals surface area (Å²) in [6, 6.07) is 16.8. The van der Waals surface area contributed by atoms with Gasteiger partial charge in [0.25, 0.3) is 0 Å². The summed E-state index contributed by atoms with van der Waals surface area (Å²) in [6.45, 7) is 0.503. The van der Waals surface area contributed by atoms with E-state index in [0.29, 0.717) is 18.9 Å². The first-order valence-corrected chi connectivity index (χ1v) is 15.0. The quantitative estimate of drug-likeness (QED) is 0.260. The predicted octanol–water partition coefficient (Wildman–Crippen LogP) is 6.90. The molecule has 8 nitrogen and oxygen atoms in total. The van der Waals surface area contributed by atoms with Crippen LogP contribution in [0.1, 0.15) is 88.1 Å². The highest BCUT2D eigenvalue weighted by atomic mass is 16.1. The van der Waals surface area contributed by atoms with Crippen LogP contribution in [0.5, 0.6) is 0 Å². The van der Waals surface area contributed by atoms with Gasteiger partial charge in [-0.15, -0.1) is 0 Å². The fourth-order valence-electron chi connectivity index (χ4n) is 6.42. The molecule has 212 valence electrons. The molecule has 0 unspecified atom stereocenters. The zero-order chi connectivity index (χ0) is 28.4. The number of nitrogens with one attached hydrogen (secondary N) is 2. The molecule has 2 saturated carbocycles. The largest absolute Gasteiger partial charge is 0.352 e. The number of hydrogen-bond donors (Lipinski definition) is 2. The van der Waals surface area contributed by atoms with Crippen molar-refractivity contribution in [1.29, 1.82) is 10.5 Å². The number of hydrogen-bond acceptors (Lipinski definition) is 5. The first-order chi connectivity index (χ1) is 20.2. The van der Waals surface area contributed by atoms with Gasteiger partial charge in [-0.1, -0.05) is 49.6 Å². The van der Waals surface area contributed by atoms with Crippen molar-refractivity contribution >= 4 is 28.0 Å². The first kappa shape index (κ1) is 28.4. The molecule has 6 rings (SSSR count). The summed E-state index contributed by atoms with van der Waals surface area (Å²) in [7, 11) is 0.